The Morgan fingerprint density at radius 3 is 3.00 bits per heavy atom. The molecule has 0 fully saturated rings. The molecule has 1 radical (unpaired) electrons. The van der Waals surface area contributed by atoms with Gasteiger partial charge in [-0.2, -0.15) is 0 Å². The van der Waals surface area contributed by atoms with Crippen LogP contribution in [0.5, 0.6) is 0 Å². The van der Waals surface area contributed by atoms with Gasteiger partial charge in [0.05, 0.1) is 0 Å². The summed E-state index contributed by atoms with van der Waals surface area (Å²) in [4.78, 5) is 0. The van der Waals surface area contributed by atoms with Crippen LogP contribution in [0.2, 0.25) is 0 Å². The fourth-order valence-electron chi connectivity index (χ4n) is 1.69. The third-order valence-electron chi connectivity index (χ3n) is 2.41. The summed E-state index contributed by atoms with van der Waals surface area (Å²) in [5.41, 5.74) is 1.39. The van der Waals surface area contributed by atoms with E-state index in [-0.39, 0.29) is 0 Å². The highest BCUT2D eigenvalue weighted by atomic mass is 14.0. The lowest BCUT2D eigenvalue weighted by Crippen LogP contribution is -1.85. The molecule has 0 aliphatic rings. The first kappa shape index (κ1) is 9.01. The van der Waals surface area contributed by atoms with Crippen molar-refractivity contribution in [2.75, 3.05) is 0 Å². The van der Waals surface area contributed by atoms with Crippen LogP contribution >= 0.6 is 0 Å². The standard InChI is InChI=1S/C14H13/c1-2-3-7-12-9-6-10-13-8-4-5-11-14(12)13/h2,4-6,9-11H,1,3,7H2. The number of benzene rings is 2. The average molecular weight is 181 g/mol. The van der Waals surface area contributed by atoms with E-state index in [1.807, 2.05) is 18.2 Å². The number of fused-ring (bicyclic) bond motifs is 1. The van der Waals surface area contributed by atoms with Crippen LogP contribution in [0, 0.1) is 6.07 Å². The molecule has 0 nitrogen and oxygen atoms in total. The van der Waals surface area contributed by atoms with Crippen molar-refractivity contribution >= 4 is 10.8 Å². The van der Waals surface area contributed by atoms with Gasteiger partial charge in [-0.25, -0.2) is 0 Å². The molecule has 69 valence electrons. The normalized spacial score (nSPS) is 10.3. The van der Waals surface area contributed by atoms with Crippen LogP contribution < -0.4 is 0 Å². The van der Waals surface area contributed by atoms with Crippen molar-refractivity contribution in [1.82, 2.24) is 0 Å². The summed E-state index contributed by atoms with van der Waals surface area (Å²) in [5, 5.41) is 2.52. The molecule has 0 amide bonds. The Labute approximate surface area is 84.9 Å². The van der Waals surface area contributed by atoms with Crippen LogP contribution in [0.1, 0.15) is 12.0 Å². The fraction of sp³-hybridized carbons (Fsp3) is 0.143. The fourth-order valence-corrected chi connectivity index (χ4v) is 1.69. The Hall–Kier alpha value is -1.56. The van der Waals surface area contributed by atoms with Crippen LogP contribution in [0.15, 0.2) is 49.1 Å². The third kappa shape index (κ3) is 1.69. The predicted octanol–water partition coefficient (Wildman–Crippen LogP) is 3.76. The average Bonchev–Trinajstić information content (AvgIpc) is 2.26. The first-order valence-electron chi connectivity index (χ1n) is 4.91. The number of hydrogen-bond donors (Lipinski definition) is 0. The molecule has 0 atom stereocenters. The highest BCUT2D eigenvalue weighted by molar-refractivity contribution is 5.85. The zero-order chi connectivity index (χ0) is 9.80. The largest absolute Gasteiger partial charge is 0.103 e. The van der Waals surface area contributed by atoms with Crippen LogP contribution in [0.25, 0.3) is 10.8 Å². The first-order valence-corrected chi connectivity index (χ1v) is 4.91. The SMILES string of the molecule is C=CCCc1cccc2[c]cccc12. The van der Waals surface area contributed by atoms with E-state index in [0.29, 0.717) is 0 Å². The summed E-state index contributed by atoms with van der Waals surface area (Å²) in [6, 6.07) is 15.8. The molecule has 2 aromatic rings. The minimum absolute atomic E-state index is 1.04. The molecule has 0 aliphatic heterocycles. The van der Waals surface area contributed by atoms with E-state index in [4.69, 9.17) is 0 Å². The lowest BCUT2D eigenvalue weighted by molar-refractivity contribution is 1.02. The lowest BCUT2D eigenvalue weighted by Gasteiger charge is -2.03. The zero-order valence-electron chi connectivity index (χ0n) is 8.16. The quantitative estimate of drug-likeness (QED) is 0.632. The molecule has 14 heavy (non-hydrogen) atoms. The van der Waals surface area contributed by atoms with Crippen LogP contribution in [-0.4, -0.2) is 0 Å². The highest BCUT2D eigenvalue weighted by Gasteiger charge is 1.98. The van der Waals surface area contributed by atoms with Gasteiger partial charge in [-0.1, -0.05) is 42.5 Å². The van der Waals surface area contributed by atoms with E-state index in [2.05, 4.69) is 36.9 Å². The van der Waals surface area contributed by atoms with Crippen molar-refractivity contribution in [3.05, 3.63) is 60.7 Å². The molecule has 0 aliphatic carbocycles. The molecule has 2 rings (SSSR count). The van der Waals surface area contributed by atoms with E-state index in [1.165, 1.54) is 16.3 Å². The maximum absolute atomic E-state index is 3.75. The van der Waals surface area contributed by atoms with Crippen molar-refractivity contribution in [3.63, 3.8) is 0 Å². The Morgan fingerprint density at radius 2 is 2.14 bits per heavy atom. The maximum Gasteiger partial charge on any atom is -0.00991 e. The molecule has 0 unspecified atom stereocenters. The third-order valence-corrected chi connectivity index (χ3v) is 2.41. The second-order valence-electron chi connectivity index (χ2n) is 3.38. The Kier molecular flexibility index (Phi) is 2.64. The molecule has 0 N–H and O–H groups in total. The summed E-state index contributed by atoms with van der Waals surface area (Å²) in [6.07, 6.45) is 4.07. The van der Waals surface area contributed by atoms with Crippen molar-refractivity contribution in [2.24, 2.45) is 0 Å². The van der Waals surface area contributed by atoms with Gasteiger partial charge < -0.3 is 0 Å². The molecule has 0 bridgehead atoms. The van der Waals surface area contributed by atoms with Crippen LogP contribution in [0.3, 0.4) is 0 Å². The Balaban J connectivity index is 2.48. The van der Waals surface area contributed by atoms with Crippen LogP contribution in [-0.2, 0) is 6.42 Å². The molecular weight excluding hydrogens is 168 g/mol. The summed E-state index contributed by atoms with van der Waals surface area (Å²) < 4.78 is 0. The monoisotopic (exact) mass is 181 g/mol. The molecular formula is C14H13. The Bertz CT molecular complexity index is 435. The number of allylic oxidation sites excluding steroid dienone is 1. The minimum Gasteiger partial charge on any atom is -0.103 e. The number of rotatable bonds is 3. The second-order valence-corrected chi connectivity index (χ2v) is 3.38. The summed E-state index contributed by atoms with van der Waals surface area (Å²) in [7, 11) is 0. The molecule has 0 saturated heterocycles. The van der Waals surface area contributed by atoms with Crippen molar-refractivity contribution in [2.45, 2.75) is 12.8 Å². The molecule has 0 heterocycles. The van der Waals surface area contributed by atoms with E-state index in [1.54, 1.807) is 0 Å². The van der Waals surface area contributed by atoms with Crippen molar-refractivity contribution in [3.8, 4) is 0 Å². The highest BCUT2D eigenvalue weighted by Crippen LogP contribution is 2.19. The second kappa shape index (κ2) is 4.10. The summed E-state index contributed by atoms with van der Waals surface area (Å²) >= 11 is 0. The van der Waals surface area contributed by atoms with Gasteiger partial charge in [0.2, 0.25) is 0 Å². The van der Waals surface area contributed by atoms with E-state index >= 15 is 0 Å². The van der Waals surface area contributed by atoms with Crippen molar-refractivity contribution in [1.29, 1.82) is 0 Å². The maximum atomic E-state index is 3.75. The zero-order valence-corrected chi connectivity index (χ0v) is 8.16. The first-order chi connectivity index (χ1) is 6.92. The van der Waals surface area contributed by atoms with Gasteiger partial charge in [-0.15, -0.1) is 6.58 Å². The van der Waals surface area contributed by atoms with Gasteiger partial charge in [0.25, 0.3) is 0 Å². The van der Waals surface area contributed by atoms with E-state index < -0.39 is 0 Å². The van der Waals surface area contributed by atoms with Gasteiger partial charge in [0, 0.05) is 0 Å². The predicted molar refractivity (Wildman–Crippen MR) is 61.3 cm³/mol. The minimum atomic E-state index is 1.04. The smallest absolute Gasteiger partial charge is 0.00991 e. The topological polar surface area (TPSA) is 0 Å². The molecule has 0 spiro atoms. The van der Waals surface area contributed by atoms with Gasteiger partial charge in [0.1, 0.15) is 0 Å². The molecule has 2 aromatic carbocycles. The molecule has 0 saturated carbocycles. The Morgan fingerprint density at radius 1 is 1.21 bits per heavy atom. The molecule has 0 aromatic heterocycles. The van der Waals surface area contributed by atoms with Gasteiger partial charge in [-0.3, -0.25) is 0 Å². The van der Waals surface area contributed by atoms with E-state index in [0.717, 1.165) is 12.8 Å². The number of hydrogen-bond acceptors (Lipinski definition) is 0. The van der Waals surface area contributed by atoms with Crippen LogP contribution in [0.4, 0.5) is 0 Å². The van der Waals surface area contributed by atoms with Crippen molar-refractivity contribution < 1.29 is 0 Å². The van der Waals surface area contributed by atoms with Gasteiger partial charge in [0.15, 0.2) is 0 Å². The molecule has 0 heteroatoms. The van der Waals surface area contributed by atoms with Gasteiger partial charge in [-0.05, 0) is 35.2 Å². The number of aryl methyl sites for hydroxylation is 1. The van der Waals surface area contributed by atoms with Gasteiger partial charge >= 0.3 is 0 Å². The summed E-state index contributed by atoms with van der Waals surface area (Å²) in [6.45, 7) is 3.75. The lowest BCUT2D eigenvalue weighted by atomic mass is 10.0. The summed E-state index contributed by atoms with van der Waals surface area (Å²) in [5.74, 6) is 0. The van der Waals surface area contributed by atoms with E-state index in [9.17, 15) is 0 Å².